The second kappa shape index (κ2) is 9.42. The minimum Gasteiger partial charge on any atom is -0.396 e. The Balaban J connectivity index is 1.70. The number of benzene rings is 1. The number of para-hydroxylation sites is 1. The summed E-state index contributed by atoms with van der Waals surface area (Å²) in [7, 11) is 0. The van der Waals surface area contributed by atoms with Crippen molar-refractivity contribution in [3.8, 4) is 10.6 Å². The fourth-order valence-electron chi connectivity index (χ4n) is 4.47. The van der Waals surface area contributed by atoms with Crippen LogP contribution >= 0.6 is 11.3 Å². The minimum absolute atomic E-state index is 0.0719. The van der Waals surface area contributed by atoms with Gasteiger partial charge in [-0.1, -0.05) is 26.0 Å². The van der Waals surface area contributed by atoms with Gasteiger partial charge in [-0.05, 0) is 43.2 Å². The SMILES string of the molecule is Cc1nc(NCCC(F)(F)F)nc(N[C@@H]2C[C@H](CO)[C@@H](C)[C@H]2C)c1-c1nc2ccccc2s1. The van der Waals surface area contributed by atoms with E-state index in [-0.39, 0.29) is 31.1 Å². The topological polar surface area (TPSA) is 83.0 Å². The summed E-state index contributed by atoms with van der Waals surface area (Å²) >= 11 is 1.53. The molecule has 3 aromatic rings. The number of hydrogen-bond donors (Lipinski definition) is 3. The van der Waals surface area contributed by atoms with Gasteiger partial charge in [0.1, 0.15) is 10.8 Å². The molecule has 0 aliphatic heterocycles. The molecule has 2 aromatic heterocycles. The van der Waals surface area contributed by atoms with Gasteiger partial charge in [0, 0.05) is 19.2 Å². The molecule has 0 radical (unpaired) electrons. The van der Waals surface area contributed by atoms with E-state index in [1.807, 2.05) is 31.2 Å². The Labute approximate surface area is 194 Å². The van der Waals surface area contributed by atoms with Crippen molar-refractivity contribution < 1.29 is 18.3 Å². The van der Waals surface area contributed by atoms with Crippen molar-refractivity contribution in [1.29, 1.82) is 0 Å². The van der Waals surface area contributed by atoms with E-state index in [0.717, 1.165) is 27.2 Å². The summed E-state index contributed by atoms with van der Waals surface area (Å²) in [6.07, 6.45) is -4.43. The number of anilines is 2. The van der Waals surface area contributed by atoms with Gasteiger partial charge in [-0.15, -0.1) is 11.3 Å². The van der Waals surface area contributed by atoms with Gasteiger partial charge >= 0.3 is 6.18 Å². The predicted octanol–water partition coefficient (Wildman–Crippen LogP) is 5.49. The molecule has 2 heterocycles. The normalized spacial score (nSPS) is 23.2. The third-order valence-electron chi connectivity index (χ3n) is 6.61. The van der Waals surface area contributed by atoms with E-state index >= 15 is 0 Å². The third kappa shape index (κ3) is 5.22. The molecule has 1 saturated carbocycles. The first-order valence-electron chi connectivity index (χ1n) is 11.1. The molecule has 0 unspecified atom stereocenters. The van der Waals surface area contributed by atoms with Crippen LogP contribution in [-0.4, -0.2) is 45.4 Å². The monoisotopic (exact) mass is 479 g/mol. The van der Waals surface area contributed by atoms with Crippen LogP contribution in [0.3, 0.4) is 0 Å². The van der Waals surface area contributed by atoms with Gasteiger partial charge in [-0.25, -0.2) is 9.97 Å². The van der Waals surface area contributed by atoms with Crippen LogP contribution < -0.4 is 10.6 Å². The van der Waals surface area contributed by atoms with Crippen LogP contribution in [-0.2, 0) is 0 Å². The molecule has 1 fully saturated rings. The van der Waals surface area contributed by atoms with Crippen LogP contribution in [0.4, 0.5) is 24.9 Å². The molecule has 3 N–H and O–H groups in total. The Morgan fingerprint density at radius 2 is 1.88 bits per heavy atom. The highest BCUT2D eigenvalue weighted by Crippen LogP contribution is 2.41. The van der Waals surface area contributed by atoms with Gasteiger partial charge in [-0.2, -0.15) is 18.2 Å². The number of nitrogens with zero attached hydrogens (tertiary/aromatic N) is 3. The zero-order valence-corrected chi connectivity index (χ0v) is 19.6. The van der Waals surface area contributed by atoms with E-state index in [0.29, 0.717) is 23.3 Å². The highest BCUT2D eigenvalue weighted by molar-refractivity contribution is 7.21. The van der Waals surface area contributed by atoms with E-state index in [1.165, 1.54) is 11.3 Å². The molecule has 4 rings (SSSR count). The Morgan fingerprint density at radius 1 is 1.12 bits per heavy atom. The molecule has 1 aliphatic carbocycles. The molecule has 33 heavy (non-hydrogen) atoms. The van der Waals surface area contributed by atoms with Crippen LogP contribution in [0.15, 0.2) is 24.3 Å². The predicted molar refractivity (Wildman–Crippen MR) is 125 cm³/mol. The number of rotatable bonds is 7. The van der Waals surface area contributed by atoms with E-state index in [4.69, 9.17) is 4.98 Å². The third-order valence-corrected chi connectivity index (χ3v) is 7.66. The summed E-state index contributed by atoms with van der Waals surface area (Å²) in [5.41, 5.74) is 2.27. The van der Waals surface area contributed by atoms with Crippen molar-refractivity contribution >= 4 is 33.3 Å². The van der Waals surface area contributed by atoms with Gasteiger partial charge in [0.05, 0.1) is 27.9 Å². The number of fused-ring (bicyclic) bond motifs is 1. The molecular formula is C23H28F3N5OS. The second-order valence-corrected chi connectivity index (χ2v) is 9.81. The number of aryl methyl sites for hydroxylation is 1. The van der Waals surface area contributed by atoms with Crippen molar-refractivity contribution in [1.82, 2.24) is 15.0 Å². The van der Waals surface area contributed by atoms with Crippen LogP contribution in [0.1, 0.15) is 32.4 Å². The smallest absolute Gasteiger partial charge is 0.390 e. The fraction of sp³-hybridized carbons (Fsp3) is 0.522. The number of thiazole rings is 1. The zero-order valence-electron chi connectivity index (χ0n) is 18.8. The molecule has 178 valence electrons. The number of nitrogens with one attached hydrogen (secondary N) is 2. The Bertz CT molecular complexity index is 1090. The number of aromatic nitrogens is 3. The summed E-state index contributed by atoms with van der Waals surface area (Å²) < 4.78 is 38.8. The van der Waals surface area contributed by atoms with Crippen LogP contribution in [0.25, 0.3) is 20.8 Å². The highest BCUT2D eigenvalue weighted by Gasteiger charge is 2.38. The lowest BCUT2D eigenvalue weighted by Gasteiger charge is -2.22. The average Bonchev–Trinajstić information content (AvgIpc) is 3.28. The maximum atomic E-state index is 12.6. The lowest BCUT2D eigenvalue weighted by Crippen LogP contribution is -2.25. The van der Waals surface area contributed by atoms with Gasteiger partial charge in [0.15, 0.2) is 0 Å². The van der Waals surface area contributed by atoms with Crippen molar-refractivity contribution in [2.24, 2.45) is 17.8 Å². The molecule has 4 atom stereocenters. The van der Waals surface area contributed by atoms with Crippen molar-refractivity contribution in [3.05, 3.63) is 30.0 Å². The number of halogens is 3. The molecule has 6 nitrogen and oxygen atoms in total. The number of hydrogen-bond acceptors (Lipinski definition) is 7. The van der Waals surface area contributed by atoms with Crippen molar-refractivity contribution in [2.45, 2.75) is 45.8 Å². The molecule has 0 saturated heterocycles. The minimum atomic E-state index is -4.25. The molecule has 10 heteroatoms. The summed E-state index contributed by atoms with van der Waals surface area (Å²) in [6, 6.07) is 7.90. The van der Waals surface area contributed by atoms with Crippen LogP contribution in [0.2, 0.25) is 0 Å². The molecular weight excluding hydrogens is 451 g/mol. The van der Waals surface area contributed by atoms with Gasteiger partial charge < -0.3 is 15.7 Å². The fourth-order valence-corrected chi connectivity index (χ4v) is 5.53. The summed E-state index contributed by atoms with van der Waals surface area (Å²) in [5.74, 6) is 1.53. The Morgan fingerprint density at radius 3 is 2.55 bits per heavy atom. The summed E-state index contributed by atoms with van der Waals surface area (Å²) in [5, 5.41) is 16.7. The molecule has 1 aromatic carbocycles. The maximum absolute atomic E-state index is 12.6. The van der Waals surface area contributed by atoms with Crippen molar-refractivity contribution in [2.75, 3.05) is 23.8 Å². The molecule has 1 aliphatic rings. The first kappa shape index (κ1) is 23.7. The van der Waals surface area contributed by atoms with E-state index in [1.54, 1.807) is 0 Å². The number of aliphatic hydroxyl groups excluding tert-OH is 1. The second-order valence-electron chi connectivity index (χ2n) is 8.78. The van der Waals surface area contributed by atoms with Crippen LogP contribution in [0, 0.1) is 24.7 Å². The van der Waals surface area contributed by atoms with Gasteiger partial charge in [-0.3, -0.25) is 0 Å². The van der Waals surface area contributed by atoms with Gasteiger partial charge in [0.25, 0.3) is 0 Å². The van der Waals surface area contributed by atoms with E-state index < -0.39 is 12.6 Å². The first-order chi connectivity index (χ1) is 15.7. The lowest BCUT2D eigenvalue weighted by molar-refractivity contribution is -0.131. The van der Waals surface area contributed by atoms with Gasteiger partial charge in [0.2, 0.25) is 5.95 Å². The largest absolute Gasteiger partial charge is 0.396 e. The average molecular weight is 480 g/mol. The van der Waals surface area contributed by atoms with Crippen LogP contribution in [0.5, 0.6) is 0 Å². The van der Waals surface area contributed by atoms with E-state index in [2.05, 4.69) is 34.4 Å². The Kier molecular flexibility index (Phi) is 6.76. The van der Waals surface area contributed by atoms with E-state index in [9.17, 15) is 18.3 Å². The zero-order chi connectivity index (χ0) is 23.8. The molecule has 0 amide bonds. The molecule has 0 bridgehead atoms. The maximum Gasteiger partial charge on any atom is 0.390 e. The number of alkyl halides is 3. The number of aliphatic hydroxyl groups is 1. The highest BCUT2D eigenvalue weighted by atomic mass is 32.1. The molecule has 0 spiro atoms. The quantitative estimate of drug-likeness (QED) is 0.416. The Hall–Kier alpha value is -2.46. The summed E-state index contributed by atoms with van der Waals surface area (Å²) in [6.45, 7) is 5.93. The standard InChI is InChI=1S/C23H28F3N5OS/c1-12-13(2)17(10-15(12)11-32)29-20-19(21-30-16-6-4-5-7-18(16)33-21)14(3)28-22(31-20)27-9-8-23(24,25)26/h4-7,12-13,15,17,32H,8-11H2,1-3H3,(H2,27,28,29,31)/t12-,13+,15+,17+/m0/s1. The lowest BCUT2D eigenvalue weighted by atomic mass is 9.92. The summed E-state index contributed by atoms with van der Waals surface area (Å²) in [4.78, 5) is 13.8. The first-order valence-corrected chi connectivity index (χ1v) is 11.9. The van der Waals surface area contributed by atoms with Crippen molar-refractivity contribution in [3.63, 3.8) is 0 Å².